The Labute approximate surface area is 79.3 Å². The van der Waals surface area contributed by atoms with E-state index in [-0.39, 0.29) is 5.41 Å². The van der Waals surface area contributed by atoms with Crippen LogP contribution in [0.4, 0.5) is 0 Å². The fourth-order valence-electron chi connectivity index (χ4n) is 2.11. The SMILES string of the molecule is CC1(C(C)(N)C(=O)O)CCCCC1. The predicted molar refractivity (Wildman–Crippen MR) is 51.4 cm³/mol. The van der Waals surface area contributed by atoms with Gasteiger partial charge in [-0.05, 0) is 25.2 Å². The normalized spacial score (nSPS) is 26.4. The van der Waals surface area contributed by atoms with Crippen LogP contribution in [-0.4, -0.2) is 16.6 Å². The highest BCUT2D eigenvalue weighted by Gasteiger charge is 2.47. The average molecular weight is 185 g/mol. The van der Waals surface area contributed by atoms with Crippen LogP contribution in [0, 0.1) is 5.41 Å². The molecule has 0 aromatic carbocycles. The molecule has 0 aromatic rings. The number of nitrogens with two attached hydrogens (primary N) is 1. The topological polar surface area (TPSA) is 63.3 Å². The van der Waals surface area contributed by atoms with Gasteiger partial charge >= 0.3 is 5.97 Å². The van der Waals surface area contributed by atoms with E-state index in [9.17, 15) is 4.79 Å². The lowest BCUT2D eigenvalue weighted by Gasteiger charge is -2.43. The highest BCUT2D eigenvalue weighted by molar-refractivity contribution is 5.79. The van der Waals surface area contributed by atoms with E-state index in [2.05, 4.69) is 0 Å². The summed E-state index contributed by atoms with van der Waals surface area (Å²) in [5.41, 5.74) is 4.57. The fourth-order valence-corrected chi connectivity index (χ4v) is 2.11. The van der Waals surface area contributed by atoms with E-state index >= 15 is 0 Å². The highest BCUT2D eigenvalue weighted by Crippen LogP contribution is 2.43. The Morgan fingerprint density at radius 1 is 1.38 bits per heavy atom. The summed E-state index contributed by atoms with van der Waals surface area (Å²) in [6.07, 6.45) is 5.30. The van der Waals surface area contributed by atoms with Gasteiger partial charge in [-0.25, -0.2) is 0 Å². The summed E-state index contributed by atoms with van der Waals surface area (Å²) >= 11 is 0. The summed E-state index contributed by atoms with van der Waals surface area (Å²) in [5, 5.41) is 9.03. The molecule has 0 saturated heterocycles. The maximum absolute atomic E-state index is 11.0. The van der Waals surface area contributed by atoms with Crippen molar-refractivity contribution in [2.45, 2.75) is 51.5 Å². The van der Waals surface area contributed by atoms with Crippen LogP contribution in [0.2, 0.25) is 0 Å². The van der Waals surface area contributed by atoms with Gasteiger partial charge in [0.05, 0.1) is 0 Å². The van der Waals surface area contributed by atoms with Crippen molar-refractivity contribution in [1.82, 2.24) is 0 Å². The molecule has 1 atom stereocenters. The minimum absolute atomic E-state index is 0.225. The molecule has 0 radical (unpaired) electrons. The third-order valence-electron chi connectivity index (χ3n) is 3.66. The van der Waals surface area contributed by atoms with E-state index < -0.39 is 11.5 Å². The average Bonchev–Trinajstić information content (AvgIpc) is 2.05. The Morgan fingerprint density at radius 2 is 1.85 bits per heavy atom. The first-order valence-corrected chi connectivity index (χ1v) is 4.92. The first-order chi connectivity index (χ1) is 5.90. The molecule has 0 heterocycles. The van der Waals surface area contributed by atoms with Gasteiger partial charge in [-0.2, -0.15) is 0 Å². The maximum Gasteiger partial charge on any atom is 0.323 e. The summed E-state index contributed by atoms with van der Waals surface area (Å²) in [7, 11) is 0. The largest absolute Gasteiger partial charge is 0.480 e. The van der Waals surface area contributed by atoms with E-state index in [1.165, 1.54) is 6.42 Å². The van der Waals surface area contributed by atoms with Crippen LogP contribution in [0.1, 0.15) is 46.0 Å². The van der Waals surface area contributed by atoms with Crippen molar-refractivity contribution in [2.75, 3.05) is 0 Å². The van der Waals surface area contributed by atoms with Crippen molar-refractivity contribution in [3.8, 4) is 0 Å². The van der Waals surface area contributed by atoms with Gasteiger partial charge < -0.3 is 10.8 Å². The van der Waals surface area contributed by atoms with E-state index in [1.54, 1.807) is 6.92 Å². The zero-order chi connectivity index (χ0) is 10.1. The molecular formula is C10H19NO2. The zero-order valence-corrected chi connectivity index (χ0v) is 8.47. The number of aliphatic carboxylic acids is 1. The number of rotatable bonds is 2. The smallest absolute Gasteiger partial charge is 0.323 e. The second-order valence-corrected chi connectivity index (χ2v) is 4.63. The van der Waals surface area contributed by atoms with Crippen LogP contribution in [0.15, 0.2) is 0 Å². The van der Waals surface area contributed by atoms with Crippen molar-refractivity contribution in [3.05, 3.63) is 0 Å². The first-order valence-electron chi connectivity index (χ1n) is 4.92. The van der Waals surface area contributed by atoms with E-state index in [0.29, 0.717) is 0 Å². The molecule has 0 bridgehead atoms. The molecule has 0 spiro atoms. The van der Waals surface area contributed by atoms with Crippen LogP contribution >= 0.6 is 0 Å². The standard InChI is InChI=1S/C10H19NO2/c1-9(6-4-3-5-7-9)10(2,11)8(12)13/h3-7,11H2,1-2H3,(H,12,13). The van der Waals surface area contributed by atoms with Crippen LogP contribution in [-0.2, 0) is 4.79 Å². The number of carbonyl (C=O) groups is 1. The zero-order valence-electron chi connectivity index (χ0n) is 8.47. The first kappa shape index (κ1) is 10.5. The molecule has 1 aliphatic carbocycles. The monoisotopic (exact) mass is 185 g/mol. The molecule has 3 nitrogen and oxygen atoms in total. The molecule has 1 rings (SSSR count). The summed E-state index contributed by atoms with van der Waals surface area (Å²) in [5.74, 6) is -0.878. The molecule has 1 aliphatic rings. The Hall–Kier alpha value is -0.570. The van der Waals surface area contributed by atoms with E-state index in [1.807, 2.05) is 6.92 Å². The van der Waals surface area contributed by atoms with Gasteiger partial charge in [0.1, 0.15) is 5.54 Å². The fraction of sp³-hybridized carbons (Fsp3) is 0.900. The number of hydrogen-bond acceptors (Lipinski definition) is 2. The minimum Gasteiger partial charge on any atom is -0.480 e. The van der Waals surface area contributed by atoms with Gasteiger partial charge in [-0.3, -0.25) is 4.79 Å². The molecule has 1 unspecified atom stereocenters. The Balaban J connectivity index is 2.82. The predicted octanol–water partition coefficient (Wildman–Crippen LogP) is 1.76. The van der Waals surface area contributed by atoms with Crippen LogP contribution in [0.25, 0.3) is 0 Å². The number of hydrogen-bond donors (Lipinski definition) is 2. The van der Waals surface area contributed by atoms with E-state index in [4.69, 9.17) is 10.8 Å². The maximum atomic E-state index is 11.0. The lowest BCUT2D eigenvalue weighted by Crippen LogP contribution is -2.58. The van der Waals surface area contributed by atoms with Gasteiger partial charge in [0.25, 0.3) is 0 Å². The summed E-state index contributed by atoms with van der Waals surface area (Å²) in [4.78, 5) is 11.0. The van der Waals surface area contributed by atoms with Crippen LogP contribution < -0.4 is 5.73 Å². The molecule has 3 N–H and O–H groups in total. The molecule has 1 fully saturated rings. The molecule has 0 aliphatic heterocycles. The lowest BCUT2D eigenvalue weighted by molar-refractivity contribution is -0.148. The lowest BCUT2D eigenvalue weighted by atomic mass is 9.64. The second kappa shape index (κ2) is 3.29. The molecule has 1 saturated carbocycles. The summed E-state index contributed by atoms with van der Waals surface area (Å²) in [6, 6.07) is 0. The van der Waals surface area contributed by atoms with Crippen molar-refractivity contribution in [1.29, 1.82) is 0 Å². The van der Waals surface area contributed by atoms with Gasteiger partial charge in [0.2, 0.25) is 0 Å². The Bertz CT molecular complexity index is 205. The Morgan fingerprint density at radius 3 is 2.23 bits per heavy atom. The van der Waals surface area contributed by atoms with Gasteiger partial charge in [-0.1, -0.05) is 26.2 Å². The van der Waals surface area contributed by atoms with Crippen molar-refractivity contribution in [2.24, 2.45) is 11.1 Å². The molecule has 13 heavy (non-hydrogen) atoms. The molecular weight excluding hydrogens is 166 g/mol. The van der Waals surface area contributed by atoms with Crippen molar-refractivity contribution < 1.29 is 9.90 Å². The number of carboxylic acids is 1. The van der Waals surface area contributed by atoms with Crippen LogP contribution in [0.5, 0.6) is 0 Å². The quantitative estimate of drug-likeness (QED) is 0.689. The van der Waals surface area contributed by atoms with Crippen molar-refractivity contribution >= 4 is 5.97 Å². The van der Waals surface area contributed by atoms with Crippen LogP contribution in [0.3, 0.4) is 0 Å². The second-order valence-electron chi connectivity index (χ2n) is 4.63. The third kappa shape index (κ3) is 1.70. The van der Waals surface area contributed by atoms with Crippen molar-refractivity contribution in [3.63, 3.8) is 0 Å². The minimum atomic E-state index is -1.08. The Kier molecular flexibility index (Phi) is 2.66. The van der Waals surface area contributed by atoms with E-state index in [0.717, 1.165) is 25.7 Å². The molecule has 0 aromatic heterocycles. The number of carboxylic acid groups (broad SMARTS) is 1. The van der Waals surface area contributed by atoms with Gasteiger partial charge in [0, 0.05) is 0 Å². The molecule has 0 amide bonds. The summed E-state index contributed by atoms with van der Waals surface area (Å²) < 4.78 is 0. The third-order valence-corrected chi connectivity index (χ3v) is 3.66. The van der Waals surface area contributed by atoms with Gasteiger partial charge in [0.15, 0.2) is 0 Å². The highest BCUT2D eigenvalue weighted by atomic mass is 16.4. The van der Waals surface area contributed by atoms with Gasteiger partial charge in [-0.15, -0.1) is 0 Å². The molecule has 3 heteroatoms. The molecule has 76 valence electrons. The summed E-state index contributed by atoms with van der Waals surface area (Å²) in [6.45, 7) is 3.64.